The standard InChI is InChI=1S/C13H21NO3S/c1-6-7-14-18(15,16)12-8-9(2)13(17-5)11(4)10(12)3/h8,14H,6-7H2,1-5H3. The lowest BCUT2D eigenvalue weighted by atomic mass is 10.1. The van der Waals surface area contributed by atoms with Crippen LogP contribution >= 0.6 is 0 Å². The lowest BCUT2D eigenvalue weighted by Gasteiger charge is -2.16. The van der Waals surface area contributed by atoms with Gasteiger partial charge in [-0.3, -0.25) is 0 Å². The van der Waals surface area contributed by atoms with Crippen LogP contribution in [-0.4, -0.2) is 22.1 Å². The molecule has 1 aromatic rings. The Bertz CT molecular complexity index is 536. The second kappa shape index (κ2) is 5.71. The zero-order chi connectivity index (χ0) is 13.9. The van der Waals surface area contributed by atoms with Crippen LogP contribution in [0.3, 0.4) is 0 Å². The molecule has 0 bridgehead atoms. The summed E-state index contributed by atoms with van der Waals surface area (Å²) >= 11 is 0. The Kier molecular flexibility index (Phi) is 4.76. The summed E-state index contributed by atoms with van der Waals surface area (Å²) in [6.07, 6.45) is 0.770. The van der Waals surface area contributed by atoms with Gasteiger partial charge in [0.1, 0.15) is 5.75 Å². The number of aryl methyl sites for hydroxylation is 1. The van der Waals surface area contributed by atoms with Gasteiger partial charge >= 0.3 is 0 Å². The number of rotatable bonds is 5. The molecule has 18 heavy (non-hydrogen) atoms. The summed E-state index contributed by atoms with van der Waals surface area (Å²) in [7, 11) is -1.83. The monoisotopic (exact) mass is 271 g/mol. The predicted octanol–water partition coefficient (Wildman–Crippen LogP) is 2.31. The maximum Gasteiger partial charge on any atom is 0.240 e. The van der Waals surface area contributed by atoms with Crippen LogP contribution < -0.4 is 9.46 Å². The topological polar surface area (TPSA) is 55.4 Å². The molecule has 0 atom stereocenters. The first kappa shape index (κ1) is 15.0. The summed E-state index contributed by atoms with van der Waals surface area (Å²) in [5, 5.41) is 0. The van der Waals surface area contributed by atoms with E-state index in [1.807, 2.05) is 20.8 Å². The predicted molar refractivity (Wildman–Crippen MR) is 72.7 cm³/mol. The van der Waals surface area contributed by atoms with Crippen molar-refractivity contribution in [3.63, 3.8) is 0 Å². The van der Waals surface area contributed by atoms with E-state index in [-0.39, 0.29) is 0 Å². The molecule has 5 heteroatoms. The number of nitrogens with one attached hydrogen (secondary N) is 1. The van der Waals surface area contributed by atoms with E-state index in [0.29, 0.717) is 11.4 Å². The lowest BCUT2D eigenvalue weighted by Crippen LogP contribution is -2.25. The van der Waals surface area contributed by atoms with Crippen molar-refractivity contribution in [2.45, 2.75) is 39.0 Å². The molecule has 0 radical (unpaired) electrons. The van der Waals surface area contributed by atoms with Crippen LogP contribution in [0, 0.1) is 20.8 Å². The number of methoxy groups -OCH3 is 1. The highest BCUT2D eigenvalue weighted by Crippen LogP contribution is 2.30. The molecule has 0 aromatic heterocycles. The van der Waals surface area contributed by atoms with Crippen LogP contribution in [0.25, 0.3) is 0 Å². The smallest absolute Gasteiger partial charge is 0.240 e. The molecule has 0 fully saturated rings. The minimum absolute atomic E-state index is 0.340. The van der Waals surface area contributed by atoms with Crippen molar-refractivity contribution >= 4 is 10.0 Å². The molecule has 0 aliphatic rings. The summed E-state index contributed by atoms with van der Waals surface area (Å²) in [4.78, 5) is 0.340. The number of hydrogen-bond acceptors (Lipinski definition) is 3. The number of hydrogen-bond donors (Lipinski definition) is 1. The van der Waals surface area contributed by atoms with Gasteiger partial charge in [-0.25, -0.2) is 13.1 Å². The second-order valence-corrected chi connectivity index (χ2v) is 6.11. The summed E-state index contributed by atoms with van der Waals surface area (Å²) in [5.74, 6) is 0.752. The molecular weight excluding hydrogens is 250 g/mol. The van der Waals surface area contributed by atoms with E-state index in [2.05, 4.69) is 4.72 Å². The average Bonchev–Trinajstić information content (AvgIpc) is 2.32. The van der Waals surface area contributed by atoms with E-state index in [1.165, 1.54) is 0 Å². The number of benzene rings is 1. The molecule has 0 aliphatic carbocycles. The van der Waals surface area contributed by atoms with Gasteiger partial charge < -0.3 is 4.74 Å². The Morgan fingerprint density at radius 3 is 2.33 bits per heavy atom. The van der Waals surface area contributed by atoms with Crippen molar-refractivity contribution in [2.24, 2.45) is 0 Å². The summed E-state index contributed by atoms with van der Waals surface area (Å²) in [6, 6.07) is 1.67. The fourth-order valence-electron chi connectivity index (χ4n) is 1.93. The third-order valence-electron chi connectivity index (χ3n) is 3.01. The van der Waals surface area contributed by atoms with E-state index in [4.69, 9.17) is 4.74 Å². The van der Waals surface area contributed by atoms with Gasteiger partial charge in [-0.2, -0.15) is 0 Å². The van der Waals surface area contributed by atoms with E-state index >= 15 is 0 Å². The zero-order valence-corrected chi connectivity index (χ0v) is 12.4. The minimum Gasteiger partial charge on any atom is -0.496 e. The highest BCUT2D eigenvalue weighted by Gasteiger charge is 2.20. The zero-order valence-electron chi connectivity index (χ0n) is 11.6. The van der Waals surface area contributed by atoms with Crippen LogP contribution in [0.5, 0.6) is 5.75 Å². The maximum atomic E-state index is 12.2. The SMILES string of the molecule is CCCNS(=O)(=O)c1cc(C)c(OC)c(C)c1C. The molecule has 102 valence electrons. The van der Waals surface area contributed by atoms with Crippen LogP contribution in [0.4, 0.5) is 0 Å². The first-order chi connectivity index (χ1) is 8.35. The van der Waals surface area contributed by atoms with Crippen LogP contribution in [0.15, 0.2) is 11.0 Å². The number of ether oxygens (including phenoxy) is 1. The van der Waals surface area contributed by atoms with Gasteiger partial charge in [0.15, 0.2) is 0 Å². The number of sulfonamides is 1. The van der Waals surface area contributed by atoms with E-state index in [0.717, 1.165) is 28.9 Å². The molecule has 0 aliphatic heterocycles. The van der Waals surface area contributed by atoms with Gasteiger partial charge in [0, 0.05) is 6.54 Å². The van der Waals surface area contributed by atoms with Crippen molar-refractivity contribution in [1.82, 2.24) is 4.72 Å². The fraction of sp³-hybridized carbons (Fsp3) is 0.538. The van der Waals surface area contributed by atoms with E-state index in [9.17, 15) is 8.42 Å². The molecule has 1 N–H and O–H groups in total. The molecule has 1 aromatic carbocycles. The summed E-state index contributed by atoms with van der Waals surface area (Å²) in [5.41, 5.74) is 2.44. The summed E-state index contributed by atoms with van der Waals surface area (Å²) < 4.78 is 32.2. The van der Waals surface area contributed by atoms with Crippen molar-refractivity contribution in [1.29, 1.82) is 0 Å². The molecular formula is C13H21NO3S. The molecule has 0 amide bonds. The minimum atomic E-state index is -3.43. The van der Waals surface area contributed by atoms with Crippen molar-refractivity contribution in [3.8, 4) is 5.75 Å². The molecule has 4 nitrogen and oxygen atoms in total. The first-order valence-electron chi connectivity index (χ1n) is 5.99. The quantitative estimate of drug-likeness (QED) is 0.894. The normalized spacial score (nSPS) is 11.6. The second-order valence-electron chi connectivity index (χ2n) is 4.37. The Hall–Kier alpha value is -1.07. The maximum absolute atomic E-state index is 12.2. The Balaban J connectivity index is 3.35. The molecule has 0 unspecified atom stereocenters. The van der Waals surface area contributed by atoms with Crippen LogP contribution in [0.1, 0.15) is 30.0 Å². The van der Waals surface area contributed by atoms with Gasteiger partial charge in [0.25, 0.3) is 0 Å². The molecule has 0 saturated heterocycles. The Labute approximate surface area is 109 Å². The van der Waals surface area contributed by atoms with Crippen molar-refractivity contribution in [3.05, 3.63) is 22.8 Å². The fourth-order valence-corrected chi connectivity index (χ4v) is 3.45. The van der Waals surface area contributed by atoms with Crippen molar-refractivity contribution in [2.75, 3.05) is 13.7 Å². The van der Waals surface area contributed by atoms with Gasteiger partial charge in [-0.05, 0) is 49.9 Å². The molecule has 0 heterocycles. The van der Waals surface area contributed by atoms with E-state index in [1.54, 1.807) is 20.1 Å². The van der Waals surface area contributed by atoms with E-state index < -0.39 is 10.0 Å². The largest absolute Gasteiger partial charge is 0.496 e. The van der Waals surface area contributed by atoms with Gasteiger partial charge in [-0.15, -0.1) is 0 Å². The Morgan fingerprint density at radius 1 is 1.22 bits per heavy atom. The van der Waals surface area contributed by atoms with Crippen LogP contribution in [-0.2, 0) is 10.0 Å². The third-order valence-corrected chi connectivity index (χ3v) is 4.60. The molecule has 0 saturated carbocycles. The summed E-state index contributed by atoms with van der Waals surface area (Å²) in [6.45, 7) is 7.91. The highest BCUT2D eigenvalue weighted by atomic mass is 32.2. The van der Waals surface area contributed by atoms with Gasteiger partial charge in [-0.1, -0.05) is 6.92 Å². The highest BCUT2D eigenvalue weighted by molar-refractivity contribution is 7.89. The van der Waals surface area contributed by atoms with Gasteiger partial charge in [0.05, 0.1) is 12.0 Å². The third kappa shape index (κ3) is 2.84. The molecule has 0 spiro atoms. The molecule has 1 rings (SSSR count). The van der Waals surface area contributed by atoms with Crippen molar-refractivity contribution < 1.29 is 13.2 Å². The Morgan fingerprint density at radius 2 is 1.83 bits per heavy atom. The lowest BCUT2D eigenvalue weighted by molar-refractivity contribution is 0.407. The van der Waals surface area contributed by atoms with Gasteiger partial charge in [0.2, 0.25) is 10.0 Å². The first-order valence-corrected chi connectivity index (χ1v) is 7.48. The van der Waals surface area contributed by atoms with Crippen LogP contribution in [0.2, 0.25) is 0 Å². The average molecular weight is 271 g/mol.